The third-order valence-corrected chi connectivity index (χ3v) is 8.45. The Hall–Kier alpha value is -3.65. The Morgan fingerprint density at radius 1 is 0.976 bits per heavy atom. The molecule has 0 bridgehead atoms. The molecule has 1 fully saturated rings. The molecule has 9 heteroatoms. The third kappa shape index (κ3) is 6.81. The number of fused-ring (bicyclic) bond motifs is 1. The molecule has 1 N–H and O–H groups in total. The van der Waals surface area contributed by atoms with Crippen LogP contribution in [0.15, 0.2) is 59.9 Å². The van der Waals surface area contributed by atoms with Crippen LogP contribution in [0.25, 0.3) is 0 Å². The highest BCUT2D eigenvalue weighted by Crippen LogP contribution is 2.42. The summed E-state index contributed by atoms with van der Waals surface area (Å²) in [5.41, 5.74) is 1.29. The number of alkyl carbamates (subject to hydrolysis) is 1. The van der Waals surface area contributed by atoms with Gasteiger partial charge in [0, 0.05) is 23.2 Å². The van der Waals surface area contributed by atoms with E-state index in [1.54, 1.807) is 45.0 Å². The second-order valence-corrected chi connectivity index (χ2v) is 11.8. The molecule has 1 saturated carbocycles. The normalized spacial score (nSPS) is 19.8. The number of carbonyl (C=O) groups excluding carboxylic acids is 4. The van der Waals surface area contributed by atoms with E-state index in [1.807, 2.05) is 31.2 Å². The zero-order valence-corrected chi connectivity index (χ0v) is 24.9. The van der Waals surface area contributed by atoms with Gasteiger partial charge in [-0.3, -0.25) is 14.5 Å². The number of allylic oxidation sites excluding steroid dienone is 2. The minimum atomic E-state index is -0.865. The van der Waals surface area contributed by atoms with Crippen molar-refractivity contribution in [3.63, 3.8) is 0 Å². The Labute approximate surface area is 246 Å². The zero-order valence-electron chi connectivity index (χ0n) is 24.2. The maximum absolute atomic E-state index is 13.7. The standard InChI is InChI=1S/C32H37ClN2O6/c1-6-32(3,4)41-30(38)34-19(2)35(5)31(39)40-29-26(27(36)24-9-7-8-10-25(24)28(29)37)22-13-11-20(12-14-22)21-15-17-23(33)18-16-21/h7-10,15-20,22H,6,11-14H2,1-5H3,(H,34,38). The van der Waals surface area contributed by atoms with Crippen LogP contribution in [0.2, 0.25) is 5.02 Å². The summed E-state index contributed by atoms with van der Waals surface area (Å²) in [7, 11) is 1.44. The third-order valence-electron chi connectivity index (χ3n) is 8.19. The van der Waals surface area contributed by atoms with Gasteiger partial charge in [-0.15, -0.1) is 0 Å². The summed E-state index contributed by atoms with van der Waals surface area (Å²) in [5, 5.41) is 3.29. The largest absolute Gasteiger partial charge is 0.444 e. The Bertz CT molecular complexity index is 1360. The van der Waals surface area contributed by atoms with Gasteiger partial charge in [0.25, 0.3) is 0 Å². The van der Waals surface area contributed by atoms with E-state index in [0.29, 0.717) is 35.8 Å². The molecular weight excluding hydrogens is 544 g/mol. The first-order valence-electron chi connectivity index (χ1n) is 14.0. The number of amides is 2. The topological polar surface area (TPSA) is 102 Å². The van der Waals surface area contributed by atoms with Crippen LogP contribution in [-0.4, -0.2) is 47.5 Å². The summed E-state index contributed by atoms with van der Waals surface area (Å²) in [6.45, 7) is 7.07. The Kier molecular flexibility index (Phi) is 9.22. The molecule has 0 saturated heterocycles. The fourth-order valence-electron chi connectivity index (χ4n) is 5.23. The minimum Gasteiger partial charge on any atom is -0.444 e. The van der Waals surface area contributed by atoms with Crippen LogP contribution in [0.4, 0.5) is 9.59 Å². The van der Waals surface area contributed by atoms with Crippen LogP contribution >= 0.6 is 11.6 Å². The number of rotatable bonds is 7. The van der Waals surface area contributed by atoms with E-state index in [0.717, 1.165) is 17.7 Å². The van der Waals surface area contributed by atoms with Crippen LogP contribution in [0.3, 0.4) is 0 Å². The van der Waals surface area contributed by atoms with Crippen LogP contribution in [0, 0.1) is 5.92 Å². The lowest BCUT2D eigenvalue weighted by atomic mass is 9.72. The number of hydrogen-bond acceptors (Lipinski definition) is 6. The maximum Gasteiger partial charge on any atom is 0.416 e. The van der Waals surface area contributed by atoms with Crippen molar-refractivity contribution in [2.24, 2.45) is 5.92 Å². The van der Waals surface area contributed by atoms with Gasteiger partial charge in [0.2, 0.25) is 5.78 Å². The number of nitrogens with zero attached hydrogens (tertiary/aromatic N) is 1. The van der Waals surface area contributed by atoms with Gasteiger partial charge >= 0.3 is 12.2 Å². The second-order valence-electron chi connectivity index (χ2n) is 11.3. The predicted molar refractivity (Wildman–Crippen MR) is 156 cm³/mol. The van der Waals surface area contributed by atoms with E-state index in [9.17, 15) is 19.2 Å². The van der Waals surface area contributed by atoms with Crippen molar-refractivity contribution >= 4 is 35.4 Å². The number of Topliss-reactive ketones (excluding diaryl/α,β-unsaturated/α-hetero) is 2. The number of benzene rings is 2. The lowest BCUT2D eigenvalue weighted by Crippen LogP contribution is -2.49. The molecule has 218 valence electrons. The molecule has 41 heavy (non-hydrogen) atoms. The molecule has 2 aliphatic carbocycles. The zero-order chi connectivity index (χ0) is 29.9. The summed E-state index contributed by atoms with van der Waals surface area (Å²) in [5.74, 6) is -0.952. The Morgan fingerprint density at radius 2 is 1.54 bits per heavy atom. The van der Waals surface area contributed by atoms with Gasteiger partial charge in [-0.2, -0.15) is 0 Å². The van der Waals surface area contributed by atoms with Gasteiger partial charge < -0.3 is 14.8 Å². The van der Waals surface area contributed by atoms with E-state index < -0.39 is 29.7 Å². The summed E-state index contributed by atoms with van der Waals surface area (Å²) in [6.07, 6.45) is 1.23. The molecule has 0 aromatic heterocycles. The molecule has 1 atom stereocenters. The molecule has 0 radical (unpaired) electrons. The van der Waals surface area contributed by atoms with Gasteiger partial charge in [0.15, 0.2) is 11.5 Å². The fourth-order valence-corrected chi connectivity index (χ4v) is 5.36. The molecule has 2 aliphatic rings. The SMILES string of the molecule is CCC(C)(C)OC(=O)NC(C)N(C)C(=O)OC1=C(C2CCC(c3ccc(Cl)cc3)CC2)C(=O)c2ccccc2C1=O. The van der Waals surface area contributed by atoms with Crippen molar-refractivity contribution < 1.29 is 28.7 Å². The van der Waals surface area contributed by atoms with Crippen molar-refractivity contribution in [3.8, 4) is 0 Å². The molecule has 0 heterocycles. The Morgan fingerprint density at radius 3 is 2.12 bits per heavy atom. The number of hydrogen-bond donors (Lipinski definition) is 1. The van der Waals surface area contributed by atoms with E-state index in [-0.39, 0.29) is 28.6 Å². The average molecular weight is 581 g/mol. The van der Waals surface area contributed by atoms with Gasteiger partial charge in [0.05, 0.1) is 5.57 Å². The fraction of sp³-hybridized carbons (Fsp3) is 0.438. The number of ketones is 2. The minimum absolute atomic E-state index is 0.207. The summed E-state index contributed by atoms with van der Waals surface area (Å²) in [6, 6.07) is 14.4. The van der Waals surface area contributed by atoms with Crippen LogP contribution in [0.1, 0.15) is 92.0 Å². The van der Waals surface area contributed by atoms with Gasteiger partial charge in [-0.05, 0) is 82.4 Å². The van der Waals surface area contributed by atoms with Gasteiger partial charge in [0.1, 0.15) is 11.8 Å². The average Bonchev–Trinajstić information content (AvgIpc) is 2.95. The lowest BCUT2D eigenvalue weighted by molar-refractivity contribution is 0.0296. The quantitative estimate of drug-likeness (QED) is 0.345. The summed E-state index contributed by atoms with van der Waals surface area (Å²) < 4.78 is 11.1. The monoisotopic (exact) mass is 580 g/mol. The number of ether oxygens (including phenoxy) is 2. The van der Waals surface area contributed by atoms with Gasteiger partial charge in [-0.1, -0.05) is 54.9 Å². The van der Waals surface area contributed by atoms with Crippen LogP contribution in [-0.2, 0) is 9.47 Å². The van der Waals surface area contributed by atoms with Crippen molar-refractivity contribution in [3.05, 3.63) is 81.6 Å². The smallest absolute Gasteiger partial charge is 0.416 e. The molecule has 0 aliphatic heterocycles. The van der Waals surface area contributed by atoms with E-state index in [1.165, 1.54) is 12.6 Å². The predicted octanol–water partition coefficient (Wildman–Crippen LogP) is 7.28. The van der Waals surface area contributed by atoms with E-state index in [4.69, 9.17) is 21.1 Å². The first-order valence-corrected chi connectivity index (χ1v) is 14.4. The highest BCUT2D eigenvalue weighted by molar-refractivity contribution is 6.30. The van der Waals surface area contributed by atoms with Crippen molar-refractivity contribution in [1.29, 1.82) is 0 Å². The van der Waals surface area contributed by atoms with Crippen molar-refractivity contribution in [2.75, 3.05) is 7.05 Å². The highest BCUT2D eigenvalue weighted by Gasteiger charge is 2.40. The second kappa shape index (κ2) is 12.5. The van der Waals surface area contributed by atoms with Crippen LogP contribution in [0.5, 0.6) is 0 Å². The molecule has 2 aromatic carbocycles. The molecule has 0 spiro atoms. The van der Waals surface area contributed by atoms with Gasteiger partial charge in [-0.25, -0.2) is 9.59 Å². The molecule has 2 amide bonds. The number of carbonyl (C=O) groups is 4. The first-order chi connectivity index (χ1) is 19.4. The number of nitrogens with one attached hydrogen (secondary N) is 1. The molecule has 4 rings (SSSR count). The highest BCUT2D eigenvalue weighted by atomic mass is 35.5. The first kappa shape index (κ1) is 30.3. The molecule has 2 aromatic rings. The van der Waals surface area contributed by atoms with Crippen molar-refractivity contribution in [2.45, 2.75) is 77.5 Å². The van der Waals surface area contributed by atoms with E-state index in [2.05, 4.69) is 5.32 Å². The Balaban J connectivity index is 1.55. The maximum atomic E-state index is 13.7. The van der Waals surface area contributed by atoms with Crippen molar-refractivity contribution in [1.82, 2.24) is 10.2 Å². The van der Waals surface area contributed by atoms with Crippen LogP contribution < -0.4 is 5.32 Å². The molecule has 8 nitrogen and oxygen atoms in total. The molecule has 1 unspecified atom stereocenters. The summed E-state index contributed by atoms with van der Waals surface area (Å²) in [4.78, 5) is 54.1. The lowest BCUT2D eigenvalue weighted by Gasteiger charge is -2.33. The molecular formula is C32H37ClN2O6. The number of halogens is 1. The van der Waals surface area contributed by atoms with E-state index >= 15 is 0 Å². The summed E-state index contributed by atoms with van der Waals surface area (Å²) >= 11 is 6.05.